The third-order valence-electron chi connectivity index (χ3n) is 11.0. The van der Waals surface area contributed by atoms with Crippen molar-refractivity contribution in [3.05, 3.63) is 218 Å². The first-order valence-electron chi connectivity index (χ1n) is 19.6. The van der Waals surface area contributed by atoms with E-state index in [1.165, 1.54) is 25.7 Å². The summed E-state index contributed by atoms with van der Waals surface area (Å²) in [7, 11) is 0. The van der Waals surface area contributed by atoms with Gasteiger partial charge in [-0.15, -0.1) is 11.3 Å². The zero-order chi connectivity index (χ0) is 38.4. The van der Waals surface area contributed by atoms with E-state index in [-0.39, 0.29) is 0 Å². The number of para-hydroxylation sites is 4. The summed E-state index contributed by atoms with van der Waals surface area (Å²) in [5.41, 5.74) is 13.0. The molecule has 0 saturated carbocycles. The van der Waals surface area contributed by atoms with E-state index < -0.39 is 0 Å². The van der Waals surface area contributed by atoms with Crippen molar-refractivity contribution in [2.75, 3.05) is 9.80 Å². The molecule has 0 bridgehead atoms. The van der Waals surface area contributed by atoms with Gasteiger partial charge in [-0.1, -0.05) is 121 Å². The Labute approximate surface area is 340 Å². The van der Waals surface area contributed by atoms with E-state index in [1.807, 2.05) is 11.3 Å². The Bertz CT molecular complexity index is 3190. The smallest absolute Gasteiger partial charge is 0.137 e. The predicted octanol–water partition coefficient (Wildman–Crippen LogP) is 16.2. The maximum absolute atomic E-state index is 6.58. The van der Waals surface area contributed by atoms with Gasteiger partial charge in [0.1, 0.15) is 11.2 Å². The Morgan fingerprint density at radius 3 is 1.62 bits per heavy atom. The van der Waals surface area contributed by atoms with Gasteiger partial charge in [-0.05, 0) is 108 Å². The minimum absolute atomic E-state index is 0.862. The van der Waals surface area contributed by atoms with Gasteiger partial charge >= 0.3 is 0 Å². The molecule has 0 spiro atoms. The number of hydrogen-bond donors (Lipinski definition) is 0. The van der Waals surface area contributed by atoms with Crippen LogP contribution >= 0.6 is 11.3 Å². The highest BCUT2D eigenvalue weighted by molar-refractivity contribution is 7.25. The van der Waals surface area contributed by atoms with E-state index in [1.54, 1.807) is 0 Å². The Hall–Kier alpha value is -7.40. The molecule has 0 fully saturated rings. The molecule has 0 atom stereocenters. The molecule has 11 rings (SSSR count). The SMILES string of the molecule is c1ccc(N(c2ccc3c(c2)oc2ccc(-c4ccc(-c5ccccc5N(c5ccccc5)c5ccccc5)cc4)cc23)c2ccc3sc4ccccc4c3c2)cc1. The van der Waals surface area contributed by atoms with Crippen LogP contribution in [0.2, 0.25) is 0 Å². The number of fused-ring (bicyclic) bond motifs is 6. The predicted molar refractivity (Wildman–Crippen MR) is 247 cm³/mol. The van der Waals surface area contributed by atoms with E-state index in [4.69, 9.17) is 4.42 Å². The molecule has 0 saturated heterocycles. The molecule has 0 N–H and O–H groups in total. The highest BCUT2D eigenvalue weighted by atomic mass is 32.1. The summed E-state index contributed by atoms with van der Waals surface area (Å²) < 4.78 is 9.17. The summed E-state index contributed by atoms with van der Waals surface area (Å²) in [4.78, 5) is 4.65. The lowest BCUT2D eigenvalue weighted by atomic mass is 9.97. The van der Waals surface area contributed by atoms with Gasteiger partial charge in [0.25, 0.3) is 0 Å². The second-order valence-corrected chi connectivity index (χ2v) is 15.6. The van der Waals surface area contributed by atoms with Gasteiger partial charge in [-0.2, -0.15) is 0 Å². The fraction of sp³-hybridized carbons (Fsp3) is 0. The van der Waals surface area contributed by atoms with Crippen LogP contribution in [0.5, 0.6) is 0 Å². The molecule has 2 heterocycles. The molecule has 0 aliphatic carbocycles. The van der Waals surface area contributed by atoms with E-state index in [2.05, 4.69) is 228 Å². The molecule has 274 valence electrons. The molecule has 9 aromatic carbocycles. The van der Waals surface area contributed by atoms with Gasteiger partial charge in [0.05, 0.1) is 5.69 Å². The van der Waals surface area contributed by atoms with Crippen LogP contribution in [0.25, 0.3) is 64.4 Å². The van der Waals surface area contributed by atoms with Gasteiger partial charge in [0, 0.05) is 71.0 Å². The van der Waals surface area contributed by atoms with Crippen LogP contribution in [0.3, 0.4) is 0 Å². The van der Waals surface area contributed by atoms with Gasteiger partial charge < -0.3 is 14.2 Å². The minimum Gasteiger partial charge on any atom is -0.456 e. The minimum atomic E-state index is 0.862. The van der Waals surface area contributed by atoms with Crippen LogP contribution in [0.1, 0.15) is 0 Å². The standard InChI is InChI=1S/C54H36N2OS/c1-4-14-40(15-5-1)55(43-30-33-54-49(35-43)47-21-11-13-23-53(47)58-54)44-29-31-46-48-34-39(28-32-51(48)57-52(46)36-44)37-24-26-38(27-25-37)45-20-10-12-22-50(45)56(41-16-6-2-7-17-41)42-18-8-3-9-19-42/h1-36H. The summed E-state index contributed by atoms with van der Waals surface area (Å²) in [6.45, 7) is 0. The normalized spacial score (nSPS) is 11.4. The van der Waals surface area contributed by atoms with Gasteiger partial charge in [0.2, 0.25) is 0 Å². The van der Waals surface area contributed by atoms with Crippen LogP contribution in [-0.4, -0.2) is 0 Å². The number of thiophene rings is 1. The maximum Gasteiger partial charge on any atom is 0.137 e. The van der Waals surface area contributed by atoms with Crippen molar-refractivity contribution in [1.29, 1.82) is 0 Å². The molecule has 0 aliphatic rings. The van der Waals surface area contributed by atoms with Crippen molar-refractivity contribution in [3.63, 3.8) is 0 Å². The molecular weight excluding hydrogens is 725 g/mol. The van der Waals surface area contributed by atoms with Crippen LogP contribution in [0, 0.1) is 0 Å². The molecule has 0 aliphatic heterocycles. The maximum atomic E-state index is 6.58. The first kappa shape index (κ1) is 33.9. The number of anilines is 6. The van der Waals surface area contributed by atoms with E-state index in [0.29, 0.717) is 0 Å². The van der Waals surface area contributed by atoms with Crippen molar-refractivity contribution < 1.29 is 4.42 Å². The second-order valence-electron chi connectivity index (χ2n) is 14.5. The fourth-order valence-corrected chi connectivity index (χ4v) is 9.38. The van der Waals surface area contributed by atoms with Gasteiger partial charge in [-0.25, -0.2) is 0 Å². The Balaban J connectivity index is 0.947. The van der Waals surface area contributed by atoms with Gasteiger partial charge in [-0.3, -0.25) is 0 Å². The Morgan fingerprint density at radius 1 is 0.310 bits per heavy atom. The third-order valence-corrected chi connectivity index (χ3v) is 12.2. The largest absolute Gasteiger partial charge is 0.456 e. The molecule has 11 aromatic rings. The monoisotopic (exact) mass is 760 g/mol. The lowest BCUT2D eigenvalue weighted by Gasteiger charge is -2.27. The topological polar surface area (TPSA) is 19.6 Å². The Kier molecular flexibility index (Phi) is 8.34. The van der Waals surface area contributed by atoms with Crippen molar-refractivity contribution >= 4 is 87.6 Å². The van der Waals surface area contributed by atoms with E-state index in [9.17, 15) is 0 Å². The molecule has 0 unspecified atom stereocenters. The van der Waals surface area contributed by atoms with Crippen LogP contribution in [0.4, 0.5) is 34.1 Å². The van der Waals surface area contributed by atoms with Crippen molar-refractivity contribution in [3.8, 4) is 22.3 Å². The molecule has 58 heavy (non-hydrogen) atoms. The summed E-state index contributed by atoms with van der Waals surface area (Å²) in [6, 6.07) is 77.9. The summed E-state index contributed by atoms with van der Waals surface area (Å²) in [5.74, 6) is 0. The van der Waals surface area contributed by atoms with E-state index in [0.717, 1.165) is 72.8 Å². The third kappa shape index (κ3) is 5.99. The average Bonchev–Trinajstić information content (AvgIpc) is 3.85. The highest BCUT2D eigenvalue weighted by Gasteiger charge is 2.19. The first-order valence-corrected chi connectivity index (χ1v) is 20.4. The summed E-state index contributed by atoms with van der Waals surface area (Å²) in [6.07, 6.45) is 0. The number of rotatable bonds is 8. The summed E-state index contributed by atoms with van der Waals surface area (Å²) in [5, 5.41) is 4.76. The summed E-state index contributed by atoms with van der Waals surface area (Å²) >= 11 is 1.84. The molecule has 2 aromatic heterocycles. The van der Waals surface area contributed by atoms with Crippen LogP contribution < -0.4 is 9.80 Å². The number of nitrogens with zero attached hydrogens (tertiary/aromatic N) is 2. The Morgan fingerprint density at radius 2 is 0.879 bits per heavy atom. The zero-order valence-electron chi connectivity index (χ0n) is 31.5. The molecular formula is C54H36N2OS. The fourth-order valence-electron chi connectivity index (χ4n) is 8.30. The van der Waals surface area contributed by atoms with Crippen molar-refractivity contribution in [1.82, 2.24) is 0 Å². The lowest BCUT2D eigenvalue weighted by molar-refractivity contribution is 0.669. The van der Waals surface area contributed by atoms with Gasteiger partial charge in [0.15, 0.2) is 0 Å². The van der Waals surface area contributed by atoms with Crippen molar-refractivity contribution in [2.24, 2.45) is 0 Å². The molecule has 4 heteroatoms. The van der Waals surface area contributed by atoms with Crippen LogP contribution in [0.15, 0.2) is 223 Å². The van der Waals surface area contributed by atoms with Crippen LogP contribution in [-0.2, 0) is 0 Å². The molecule has 0 radical (unpaired) electrons. The molecule has 0 amide bonds. The number of benzene rings is 9. The van der Waals surface area contributed by atoms with E-state index >= 15 is 0 Å². The zero-order valence-corrected chi connectivity index (χ0v) is 32.3. The molecule has 3 nitrogen and oxygen atoms in total. The highest BCUT2D eigenvalue weighted by Crippen LogP contribution is 2.44. The quantitative estimate of drug-likeness (QED) is 0.154. The number of hydrogen-bond acceptors (Lipinski definition) is 4. The van der Waals surface area contributed by atoms with Crippen molar-refractivity contribution in [2.45, 2.75) is 0 Å². The average molecular weight is 761 g/mol. The lowest BCUT2D eigenvalue weighted by Crippen LogP contribution is -2.10. The number of furan rings is 1. The first-order chi connectivity index (χ1) is 28.7. The second kappa shape index (κ2) is 14.3.